The molecule has 0 amide bonds. The normalized spacial score (nSPS) is 24.2. The van der Waals surface area contributed by atoms with Crippen LogP contribution in [0.2, 0.25) is 0 Å². The van der Waals surface area contributed by atoms with E-state index in [4.69, 9.17) is 0 Å². The molecule has 2 fully saturated rings. The van der Waals surface area contributed by atoms with Crippen molar-refractivity contribution in [1.29, 1.82) is 0 Å². The molecule has 0 radical (unpaired) electrons. The number of hydrogen-bond donors (Lipinski definition) is 1. The van der Waals surface area contributed by atoms with E-state index in [0.717, 1.165) is 44.3 Å². The van der Waals surface area contributed by atoms with Crippen molar-refractivity contribution in [3.63, 3.8) is 0 Å². The standard InChI is InChI=1S/C15H20FNO/c1-11-2-3-12(10-14(11)16)15(6-7-15)17-8-4-13(18)5-9-17/h2-3,10,13,18H,4-9H2,1H3. The highest BCUT2D eigenvalue weighted by atomic mass is 19.1. The Morgan fingerprint density at radius 3 is 2.50 bits per heavy atom. The van der Waals surface area contributed by atoms with Gasteiger partial charge in [0.2, 0.25) is 0 Å². The van der Waals surface area contributed by atoms with E-state index in [-0.39, 0.29) is 17.5 Å². The highest BCUT2D eigenvalue weighted by Gasteiger charge is 2.49. The molecule has 18 heavy (non-hydrogen) atoms. The summed E-state index contributed by atoms with van der Waals surface area (Å²) in [5, 5.41) is 9.58. The van der Waals surface area contributed by atoms with Gasteiger partial charge in [0.05, 0.1) is 6.10 Å². The van der Waals surface area contributed by atoms with Crippen molar-refractivity contribution in [2.24, 2.45) is 0 Å². The zero-order valence-corrected chi connectivity index (χ0v) is 10.8. The number of benzene rings is 1. The second-order valence-corrected chi connectivity index (χ2v) is 5.71. The van der Waals surface area contributed by atoms with Crippen LogP contribution in [0.3, 0.4) is 0 Å². The van der Waals surface area contributed by atoms with Gasteiger partial charge in [0.15, 0.2) is 0 Å². The van der Waals surface area contributed by atoms with Crippen LogP contribution in [0.25, 0.3) is 0 Å². The summed E-state index contributed by atoms with van der Waals surface area (Å²) >= 11 is 0. The van der Waals surface area contributed by atoms with Crippen LogP contribution in [-0.4, -0.2) is 29.2 Å². The van der Waals surface area contributed by atoms with Gasteiger partial charge >= 0.3 is 0 Å². The van der Waals surface area contributed by atoms with E-state index in [1.54, 1.807) is 13.0 Å². The van der Waals surface area contributed by atoms with E-state index in [1.165, 1.54) is 0 Å². The molecule has 1 saturated heterocycles. The molecule has 1 heterocycles. The summed E-state index contributed by atoms with van der Waals surface area (Å²) in [5.41, 5.74) is 1.89. The lowest BCUT2D eigenvalue weighted by Crippen LogP contribution is -2.43. The Balaban J connectivity index is 1.84. The molecule has 0 spiro atoms. The van der Waals surface area contributed by atoms with Gasteiger partial charge in [-0.15, -0.1) is 0 Å². The highest BCUT2D eigenvalue weighted by Crippen LogP contribution is 2.51. The Morgan fingerprint density at radius 1 is 1.28 bits per heavy atom. The van der Waals surface area contributed by atoms with Gasteiger partial charge in [0.1, 0.15) is 5.82 Å². The third kappa shape index (κ3) is 1.95. The average molecular weight is 249 g/mol. The maximum absolute atomic E-state index is 13.7. The Hall–Kier alpha value is -0.930. The van der Waals surface area contributed by atoms with Crippen LogP contribution in [0.5, 0.6) is 0 Å². The second kappa shape index (κ2) is 4.32. The van der Waals surface area contributed by atoms with Crippen molar-refractivity contribution >= 4 is 0 Å². The third-order valence-electron chi connectivity index (χ3n) is 4.50. The van der Waals surface area contributed by atoms with Gasteiger partial charge in [-0.25, -0.2) is 4.39 Å². The van der Waals surface area contributed by atoms with E-state index in [1.807, 2.05) is 6.07 Å². The van der Waals surface area contributed by atoms with Gasteiger partial charge in [-0.2, -0.15) is 0 Å². The van der Waals surface area contributed by atoms with Crippen LogP contribution >= 0.6 is 0 Å². The van der Waals surface area contributed by atoms with Gasteiger partial charge in [0.25, 0.3) is 0 Å². The van der Waals surface area contributed by atoms with Crippen molar-refractivity contribution < 1.29 is 9.50 Å². The largest absolute Gasteiger partial charge is 0.393 e. The Labute approximate surface area is 107 Å². The van der Waals surface area contributed by atoms with Gasteiger partial charge in [-0.3, -0.25) is 4.90 Å². The van der Waals surface area contributed by atoms with Crippen molar-refractivity contribution in [2.75, 3.05) is 13.1 Å². The number of aryl methyl sites for hydroxylation is 1. The van der Waals surface area contributed by atoms with Crippen LogP contribution in [0.15, 0.2) is 18.2 Å². The first kappa shape index (κ1) is 12.1. The summed E-state index contributed by atoms with van der Waals surface area (Å²) in [6.07, 6.45) is 3.77. The predicted molar refractivity (Wildman–Crippen MR) is 68.9 cm³/mol. The minimum atomic E-state index is -0.146. The summed E-state index contributed by atoms with van der Waals surface area (Å²) < 4.78 is 13.7. The SMILES string of the molecule is Cc1ccc(C2(N3CCC(O)CC3)CC2)cc1F. The summed E-state index contributed by atoms with van der Waals surface area (Å²) in [4.78, 5) is 2.43. The molecule has 1 aromatic carbocycles. The molecule has 1 saturated carbocycles. The number of halogens is 1. The summed E-state index contributed by atoms with van der Waals surface area (Å²) in [6.45, 7) is 3.66. The summed E-state index contributed by atoms with van der Waals surface area (Å²) in [5.74, 6) is -0.101. The predicted octanol–water partition coefficient (Wildman–Crippen LogP) is 2.58. The Morgan fingerprint density at radius 2 is 1.94 bits per heavy atom. The Bertz CT molecular complexity index is 448. The minimum absolute atomic E-state index is 0.0642. The quantitative estimate of drug-likeness (QED) is 0.871. The zero-order valence-electron chi connectivity index (χ0n) is 10.8. The first-order valence-corrected chi connectivity index (χ1v) is 6.81. The fourth-order valence-corrected chi connectivity index (χ4v) is 3.08. The van der Waals surface area contributed by atoms with Crippen molar-refractivity contribution in [3.8, 4) is 0 Å². The smallest absolute Gasteiger partial charge is 0.126 e. The summed E-state index contributed by atoms with van der Waals surface area (Å²) in [6, 6.07) is 5.65. The van der Waals surface area contributed by atoms with Gasteiger partial charge < -0.3 is 5.11 Å². The molecular formula is C15H20FNO. The molecule has 1 aromatic rings. The van der Waals surface area contributed by atoms with Gasteiger partial charge in [0, 0.05) is 18.6 Å². The number of piperidine rings is 1. The average Bonchev–Trinajstić information content (AvgIpc) is 3.15. The number of likely N-dealkylation sites (tertiary alicyclic amines) is 1. The third-order valence-corrected chi connectivity index (χ3v) is 4.50. The van der Waals surface area contributed by atoms with Crippen molar-refractivity contribution in [1.82, 2.24) is 4.90 Å². The van der Waals surface area contributed by atoms with E-state index in [9.17, 15) is 9.50 Å². The number of nitrogens with zero attached hydrogens (tertiary/aromatic N) is 1. The van der Waals surface area contributed by atoms with E-state index in [0.29, 0.717) is 5.56 Å². The molecule has 0 bridgehead atoms. The fraction of sp³-hybridized carbons (Fsp3) is 0.600. The van der Waals surface area contributed by atoms with Crippen LogP contribution in [0.4, 0.5) is 4.39 Å². The number of rotatable bonds is 2. The second-order valence-electron chi connectivity index (χ2n) is 5.71. The van der Waals surface area contributed by atoms with E-state index >= 15 is 0 Å². The maximum atomic E-state index is 13.7. The highest BCUT2D eigenvalue weighted by molar-refractivity contribution is 5.33. The lowest BCUT2D eigenvalue weighted by Gasteiger charge is -2.37. The molecule has 2 aliphatic rings. The molecule has 3 heteroatoms. The lowest BCUT2D eigenvalue weighted by molar-refractivity contribution is 0.0521. The minimum Gasteiger partial charge on any atom is -0.393 e. The molecule has 0 aromatic heterocycles. The van der Waals surface area contributed by atoms with Crippen LogP contribution in [0, 0.1) is 12.7 Å². The number of aliphatic hydroxyl groups is 1. The molecule has 0 atom stereocenters. The van der Waals surface area contributed by atoms with Crippen LogP contribution in [0.1, 0.15) is 36.8 Å². The molecule has 0 unspecified atom stereocenters. The maximum Gasteiger partial charge on any atom is 0.126 e. The Kier molecular flexibility index (Phi) is 2.91. The van der Waals surface area contributed by atoms with E-state index < -0.39 is 0 Å². The number of hydrogen-bond acceptors (Lipinski definition) is 2. The van der Waals surface area contributed by atoms with E-state index in [2.05, 4.69) is 11.0 Å². The number of aliphatic hydroxyl groups excluding tert-OH is 1. The molecule has 1 aliphatic carbocycles. The molecule has 1 N–H and O–H groups in total. The summed E-state index contributed by atoms with van der Waals surface area (Å²) in [7, 11) is 0. The zero-order chi connectivity index (χ0) is 12.8. The lowest BCUT2D eigenvalue weighted by atomic mass is 9.97. The van der Waals surface area contributed by atoms with Crippen LogP contribution < -0.4 is 0 Å². The van der Waals surface area contributed by atoms with Gasteiger partial charge in [-0.1, -0.05) is 12.1 Å². The topological polar surface area (TPSA) is 23.5 Å². The van der Waals surface area contributed by atoms with Crippen molar-refractivity contribution in [2.45, 2.75) is 44.2 Å². The molecule has 1 aliphatic heterocycles. The first-order chi connectivity index (χ1) is 8.62. The van der Waals surface area contributed by atoms with Crippen LogP contribution in [-0.2, 0) is 5.54 Å². The fourth-order valence-electron chi connectivity index (χ4n) is 3.08. The first-order valence-electron chi connectivity index (χ1n) is 6.81. The molecule has 3 rings (SSSR count). The molecule has 2 nitrogen and oxygen atoms in total. The van der Waals surface area contributed by atoms with Gasteiger partial charge in [-0.05, 0) is 49.8 Å². The molecule has 98 valence electrons. The monoisotopic (exact) mass is 249 g/mol. The molecular weight excluding hydrogens is 229 g/mol. The van der Waals surface area contributed by atoms with Crippen molar-refractivity contribution in [3.05, 3.63) is 35.1 Å².